The molecule has 0 atom stereocenters. The van der Waals surface area contributed by atoms with Gasteiger partial charge in [0, 0.05) is 48.6 Å². The van der Waals surface area contributed by atoms with Crippen molar-refractivity contribution in [3.05, 3.63) is 65.1 Å². The summed E-state index contributed by atoms with van der Waals surface area (Å²) in [4.78, 5) is 36.2. The molecule has 4 heterocycles. The van der Waals surface area contributed by atoms with E-state index in [0.717, 1.165) is 22.9 Å². The Kier molecular flexibility index (Phi) is 4.68. The Morgan fingerprint density at radius 1 is 1.04 bits per heavy atom. The lowest BCUT2D eigenvalue weighted by Gasteiger charge is -2.38. The van der Waals surface area contributed by atoms with Gasteiger partial charge in [0.15, 0.2) is 0 Å². The lowest BCUT2D eigenvalue weighted by atomic mass is 9.98. The molecule has 1 fully saturated rings. The van der Waals surface area contributed by atoms with Gasteiger partial charge in [-0.25, -0.2) is 19.9 Å². The molecule has 0 aromatic carbocycles. The SMILES string of the molecule is Cc1cc(C)nc(Nc2cc(C)nc(C3CN(C(=O)c4cccnc4)C3)n2)n1. The van der Waals surface area contributed by atoms with Gasteiger partial charge in [-0.3, -0.25) is 9.78 Å². The lowest BCUT2D eigenvalue weighted by molar-refractivity contribution is 0.0594. The molecule has 0 saturated carbocycles. The fraction of sp³-hybridized carbons (Fsp3) is 0.300. The molecule has 3 aromatic heterocycles. The number of nitrogens with one attached hydrogen (secondary N) is 1. The van der Waals surface area contributed by atoms with Crippen LogP contribution in [0.3, 0.4) is 0 Å². The largest absolute Gasteiger partial charge is 0.337 e. The van der Waals surface area contributed by atoms with Gasteiger partial charge in [0.25, 0.3) is 5.91 Å². The molecule has 0 radical (unpaired) electrons. The van der Waals surface area contributed by atoms with E-state index < -0.39 is 0 Å². The fourth-order valence-corrected chi connectivity index (χ4v) is 3.21. The second-order valence-electron chi connectivity index (χ2n) is 7.00. The number of aromatic nitrogens is 5. The number of hydrogen-bond donors (Lipinski definition) is 1. The average Bonchev–Trinajstić information content (AvgIpc) is 2.59. The van der Waals surface area contributed by atoms with Crippen molar-refractivity contribution in [3.63, 3.8) is 0 Å². The Balaban J connectivity index is 1.47. The lowest BCUT2D eigenvalue weighted by Crippen LogP contribution is -2.49. The summed E-state index contributed by atoms with van der Waals surface area (Å²) < 4.78 is 0. The van der Waals surface area contributed by atoms with Crippen molar-refractivity contribution in [2.75, 3.05) is 18.4 Å². The van der Waals surface area contributed by atoms with Crippen molar-refractivity contribution in [1.29, 1.82) is 0 Å². The van der Waals surface area contributed by atoms with Crippen LogP contribution in [-0.4, -0.2) is 48.8 Å². The topological polar surface area (TPSA) is 96.8 Å². The maximum absolute atomic E-state index is 12.5. The first kappa shape index (κ1) is 18.0. The Hall–Kier alpha value is -3.42. The summed E-state index contributed by atoms with van der Waals surface area (Å²) in [5.41, 5.74) is 3.24. The van der Waals surface area contributed by atoms with Crippen LogP contribution in [0.2, 0.25) is 0 Å². The van der Waals surface area contributed by atoms with Crippen molar-refractivity contribution < 1.29 is 4.79 Å². The number of anilines is 2. The third kappa shape index (κ3) is 3.80. The number of amides is 1. The second-order valence-corrected chi connectivity index (χ2v) is 7.00. The highest BCUT2D eigenvalue weighted by Gasteiger charge is 2.34. The quantitative estimate of drug-likeness (QED) is 0.748. The van der Waals surface area contributed by atoms with Gasteiger partial charge >= 0.3 is 0 Å². The van der Waals surface area contributed by atoms with Crippen LogP contribution in [0.5, 0.6) is 0 Å². The third-order valence-corrected chi connectivity index (χ3v) is 4.54. The number of rotatable bonds is 4. The van der Waals surface area contributed by atoms with Crippen LogP contribution in [-0.2, 0) is 0 Å². The zero-order chi connectivity index (χ0) is 19.7. The number of likely N-dealkylation sites (tertiary alicyclic amines) is 1. The first-order chi connectivity index (χ1) is 13.5. The second kappa shape index (κ2) is 7.30. The van der Waals surface area contributed by atoms with Crippen LogP contribution in [0.15, 0.2) is 36.7 Å². The maximum atomic E-state index is 12.5. The molecule has 3 aromatic rings. The van der Waals surface area contributed by atoms with E-state index in [2.05, 4.69) is 30.2 Å². The molecule has 0 spiro atoms. The van der Waals surface area contributed by atoms with E-state index in [9.17, 15) is 4.79 Å². The minimum absolute atomic E-state index is 0.0148. The van der Waals surface area contributed by atoms with Crippen LogP contribution < -0.4 is 5.32 Å². The zero-order valence-corrected chi connectivity index (χ0v) is 16.0. The molecular weight excluding hydrogens is 354 g/mol. The van der Waals surface area contributed by atoms with Gasteiger partial charge in [-0.05, 0) is 39.0 Å². The standard InChI is InChI=1S/C20H21N7O/c1-12-7-13(2)24-20(23-12)26-17-8-14(3)22-18(25-17)16-10-27(11-16)19(28)15-5-4-6-21-9-15/h4-9,16H,10-11H2,1-3H3,(H,22,23,24,25,26). The molecule has 1 aliphatic rings. The number of hydrogen-bond acceptors (Lipinski definition) is 7. The van der Waals surface area contributed by atoms with Gasteiger partial charge in [-0.1, -0.05) is 0 Å². The molecule has 0 aliphatic carbocycles. The number of pyridine rings is 1. The third-order valence-electron chi connectivity index (χ3n) is 4.54. The highest BCUT2D eigenvalue weighted by atomic mass is 16.2. The molecule has 0 unspecified atom stereocenters. The van der Waals surface area contributed by atoms with Crippen LogP contribution in [0.25, 0.3) is 0 Å². The van der Waals surface area contributed by atoms with Gasteiger partial charge in [0.2, 0.25) is 5.95 Å². The summed E-state index contributed by atoms with van der Waals surface area (Å²) in [7, 11) is 0. The van der Waals surface area contributed by atoms with Crippen LogP contribution in [0.1, 0.15) is 39.2 Å². The molecule has 1 saturated heterocycles. The predicted octanol–water partition coefficient (Wildman–Crippen LogP) is 2.57. The molecule has 8 nitrogen and oxygen atoms in total. The van der Waals surface area contributed by atoms with Gasteiger partial charge < -0.3 is 10.2 Å². The molecule has 1 aliphatic heterocycles. The first-order valence-electron chi connectivity index (χ1n) is 9.12. The summed E-state index contributed by atoms with van der Waals surface area (Å²) in [6.07, 6.45) is 3.24. The molecule has 1 N–H and O–H groups in total. The van der Waals surface area contributed by atoms with Crippen LogP contribution in [0.4, 0.5) is 11.8 Å². The summed E-state index contributed by atoms with van der Waals surface area (Å²) in [6.45, 7) is 6.97. The molecular formula is C20H21N7O. The normalized spacial score (nSPS) is 13.9. The van der Waals surface area contributed by atoms with E-state index in [0.29, 0.717) is 30.4 Å². The number of aryl methyl sites for hydroxylation is 3. The van der Waals surface area contributed by atoms with Gasteiger partial charge in [-0.15, -0.1) is 0 Å². The van der Waals surface area contributed by atoms with Gasteiger partial charge in [0.1, 0.15) is 11.6 Å². The van der Waals surface area contributed by atoms with Gasteiger partial charge in [-0.2, -0.15) is 0 Å². The highest BCUT2D eigenvalue weighted by molar-refractivity contribution is 5.94. The summed E-state index contributed by atoms with van der Waals surface area (Å²) in [5, 5.41) is 3.17. The number of carbonyl (C=O) groups is 1. The molecule has 0 bridgehead atoms. The van der Waals surface area contributed by atoms with Crippen molar-refractivity contribution in [2.24, 2.45) is 0 Å². The Morgan fingerprint density at radius 2 is 1.75 bits per heavy atom. The zero-order valence-electron chi connectivity index (χ0n) is 16.0. The van der Waals surface area contributed by atoms with Crippen LogP contribution >= 0.6 is 0 Å². The summed E-state index contributed by atoms with van der Waals surface area (Å²) in [5.74, 6) is 2.00. The molecule has 8 heteroatoms. The van der Waals surface area contributed by atoms with E-state index >= 15 is 0 Å². The van der Waals surface area contributed by atoms with Crippen molar-refractivity contribution in [3.8, 4) is 0 Å². The van der Waals surface area contributed by atoms with Gasteiger partial charge in [0.05, 0.1) is 11.5 Å². The first-order valence-corrected chi connectivity index (χ1v) is 9.12. The number of nitrogens with zero attached hydrogens (tertiary/aromatic N) is 6. The van der Waals surface area contributed by atoms with Crippen molar-refractivity contribution in [2.45, 2.75) is 26.7 Å². The molecule has 4 rings (SSSR count). The van der Waals surface area contributed by atoms with Crippen molar-refractivity contribution >= 4 is 17.7 Å². The Morgan fingerprint density at radius 3 is 2.43 bits per heavy atom. The number of carbonyl (C=O) groups excluding carboxylic acids is 1. The average molecular weight is 375 g/mol. The maximum Gasteiger partial charge on any atom is 0.255 e. The highest BCUT2D eigenvalue weighted by Crippen LogP contribution is 2.27. The monoisotopic (exact) mass is 375 g/mol. The van der Waals surface area contributed by atoms with E-state index in [1.54, 1.807) is 29.4 Å². The van der Waals surface area contributed by atoms with E-state index in [-0.39, 0.29) is 11.8 Å². The Bertz CT molecular complexity index is 996. The van der Waals surface area contributed by atoms with Crippen LogP contribution in [0, 0.1) is 20.8 Å². The molecule has 28 heavy (non-hydrogen) atoms. The fourth-order valence-electron chi connectivity index (χ4n) is 3.21. The Labute approximate surface area is 163 Å². The van der Waals surface area contributed by atoms with Crippen molar-refractivity contribution in [1.82, 2.24) is 29.8 Å². The smallest absolute Gasteiger partial charge is 0.255 e. The minimum atomic E-state index is -0.0148. The van der Waals surface area contributed by atoms with E-state index in [4.69, 9.17) is 0 Å². The molecule has 142 valence electrons. The van der Waals surface area contributed by atoms with E-state index in [1.807, 2.05) is 32.9 Å². The predicted molar refractivity (Wildman–Crippen MR) is 104 cm³/mol. The minimum Gasteiger partial charge on any atom is -0.337 e. The summed E-state index contributed by atoms with van der Waals surface area (Å²) >= 11 is 0. The summed E-state index contributed by atoms with van der Waals surface area (Å²) in [6, 6.07) is 7.32. The van der Waals surface area contributed by atoms with E-state index in [1.165, 1.54) is 0 Å². The molecule has 1 amide bonds.